The molecule has 0 radical (unpaired) electrons. The number of aryl methyl sites for hydroxylation is 1. The van der Waals surface area contributed by atoms with E-state index in [1.54, 1.807) is 0 Å². The molecule has 1 aliphatic heterocycles. The summed E-state index contributed by atoms with van der Waals surface area (Å²) in [6, 6.07) is 0. The quantitative estimate of drug-likeness (QED) is 0.736. The van der Waals surface area contributed by atoms with Crippen molar-refractivity contribution in [3.05, 3.63) is 11.7 Å². The molecule has 16 heavy (non-hydrogen) atoms. The highest BCUT2D eigenvalue weighted by molar-refractivity contribution is 4.83. The minimum Gasteiger partial charge on any atom is -0.372 e. The molecule has 5 nitrogen and oxygen atoms in total. The third kappa shape index (κ3) is 3.28. The van der Waals surface area contributed by atoms with E-state index in [4.69, 9.17) is 9.26 Å². The standard InChI is InChI=1S/C11H19N3O2/c1-2-10-13-11(16-14-10)8-15-6-4-9-3-5-12-7-9/h9,12H,2-8H2,1H3. The van der Waals surface area contributed by atoms with Crippen LogP contribution in [0.4, 0.5) is 0 Å². The molecule has 1 N–H and O–H groups in total. The van der Waals surface area contributed by atoms with Crippen molar-refractivity contribution in [1.82, 2.24) is 15.5 Å². The monoisotopic (exact) mass is 225 g/mol. The van der Waals surface area contributed by atoms with Gasteiger partial charge in [0.15, 0.2) is 5.82 Å². The van der Waals surface area contributed by atoms with Crippen LogP contribution in [0.25, 0.3) is 0 Å². The van der Waals surface area contributed by atoms with E-state index in [2.05, 4.69) is 15.5 Å². The summed E-state index contributed by atoms with van der Waals surface area (Å²) >= 11 is 0. The zero-order valence-electron chi connectivity index (χ0n) is 9.74. The number of rotatable bonds is 6. The van der Waals surface area contributed by atoms with E-state index in [0.29, 0.717) is 12.5 Å². The largest absolute Gasteiger partial charge is 0.372 e. The molecule has 1 saturated heterocycles. The van der Waals surface area contributed by atoms with Gasteiger partial charge in [0.05, 0.1) is 0 Å². The summed E-state index contributed by atoms with van der Waals surface area (Å²) in [7, 11) is 0. The van der Waals surface area contributed by atoms with Gasteiger partial charge in [-0.3, -0.25) is 0 Å². The minimum atomic E-state index is 0.438. The first-order valence-corrected chi connectivity index (χ1v) is 5.98. The van der Waals surface area contributed by atoms with Gasteiger partial charge in [-0.1, -0.05) is 12.1 Å². The summed E-state index contributed by atoms with van der Waals surface area (Å²) in [4.78, 5) is 4.18. The lowest BCUT2D eigenvalue weighted by atomic mass is 10.1. The van der Waals surface area contributed by atoms with Crippen LogP contribution in [0.2, 0.25) is 0 Å². The highest BCUT2D eigenvalue weighted by Gasteiger charge is 2.13. The molecule has 0 bridgehead atoms. The topological polar surface area (TPSA) is 60.2 Å². The smallest absolute Gasteiger partial charge is 0.252 e. The van der Waals surface area contributed by atoms with Crippen molar-refractivity contribution in [3.8, 4) is 0 Å². The van der Waals surface area contributed by atoms with Gasteiger partial charge in [-0.25, -0.2) is 0 Å². The minimum absolute atomic E-state index is 0.438. The second kappa shape index (κ2) is 5.96. The predicted molar refractivity (Wildman–Crippen MR) is 58.9 cm³/mol. The Morgan fingerprint density at radius 3 is 3.19 bits per heavy atom. The molecule has 1 aromatic heterocycles. The highest BCUT2D eigenvalue weighted by Crippen LogP contribution is 2.12. The van der Waals surface area contributed by atoms with E-state index in [1.807, 2.05) is 6.92 Å². The van der Waals surface area contributed by atoms with E-state index in [0.717, 1.165) is 44.3 Å². The molecule has 0 spiro atoms. The van der Waals surface area contributed by atoms with Crippen LogP contribution in [0.1, 0.15) is 31.5 Å². The maximum absolute atomic E-state index is 5.52. The summed E-state index contributed by atoms with van der Waals surface area (Å²) in [5.74, 6) is 2.11. The van der Waals surface area contributed by atoms with Gasteiger partial charge >= 0.3 is 0 Å². The molecule has 90 valence electrons. The van der Waals surface area contributed by atoms with Crippen LogP contribution in [0.15, 0.2) is 4.52 Å². The maximum atomic E-state index is 5.52. The third-order valence-electron chi connectivity index (χ3n) is 2.88. The van der Waals surface area contributed by atoms with Gasteiger partial charge in [-0.2, -0.15) is 4.98 Å². The second-order valence-electron chi connectivity index (χ2n) is 4.16. The molecule has 2 rings (SSSR count). The molecular formula is C11H19N3O2. The molecule has 0 aliphatic carbocycles. The van der Waals surface area contributed by atoms with Gasteiger partial charge in [0.2, 0.25) is 0 Å². The van der Waals surface area contributed by atoms with Crippen molar-refractivity contribution in [3.63, 3.8) is 0 Å². The van der Waals surface area contributed by atoms with Crippen LogP contribution in [0.5, 0.6) is 0 Å². The van der Waals surface area contributed by atoms with Crippen molar-refractivity contribution in [2.24, 2.45) is 5.92 Å². The van der Waals surface area contributed by atoms with Gasteiger partial charge in [0.25, 0.3) is 5.89 Å². The fourth-order valence-electron chi connectivity index (χ4n) is 1.86. The fourth-order valence-corrected chi connectivity index (χ4v) is 1.86. The number of aromatic nitrogens is 2. The van der Waals surface area contributed by atoms with E-state index in [9.17, 15) is 0 Å². The van der Waals surface area contributed by atoms with Crippen LogP contribution in [0, 0.1) is 5.92 Å². The van der Waals surface area contributed by atoms with E-state index in [-0.39, 0.29) is 0 Å². The van der Waals surface area contributed by atoms with Crippen LogP contribution in [-0.4, -0.2) is 29.8 Å². The van der Waals surface area contributed by atoms with Gasteiger partial charge in [-0.05, 0) is 31.8 Å². The molecule has 1 aromatic rings. The molecule has 1 fully saturated rings. The maximum Gasteiger partial charge on any atom is 0.252 e. The van der Waals surface area contributed by atoms with Crippen molar-refractivity contribution < 1.29 is 9.26 Å². The summed E-state index contributed by atoms with van der Waals surface area (Å²) in [5.41, 5.74) is 0. The SMILES string of the molecule is CCc1noc(COCCC2CCNC2)n1. The van der Waals surface area contributed by atoms with E-state index in [1.165, 1.54) is 6.42 Å². The van der Waals surface area contributed by atoms with Gasteiger partial charge in [0, 0.05) is 13.0 Å². The summed E-state index contributed by atoms with van der Waals surface area (Å²) < 4.78 is 10.5. The molecular weight excluding hydrogens is 206 g/mol. The number of nitrogens with one attached hydrogen (secondary N) is 1. The Hall–Kier alpha value is -0.940. The molecule has 0 saturated carbocycles. The van der Waals surface area contributed by atoms with Crippen molar-refractivity contribution >= 4 is 0 Å². The van der Waals surface area contributed by atoms with Crippen molar-refractivity contribution in [1.29, 1.82) is 0 Å². The summed E-state index contributed by atoms with van der Waals surface area (Å²) in [6.45, 7) is 5.49. The molecule has 0 aromatic carbocycles. The Morgan fingerprint density at radius 1 is 1.56 bits per heavy atom. The van der Waals surface area contributed by atoms with E-state index < -0.39 is 0 Å². The average Bonchev–Trinajstić information content (AvgIpc) is 2.95. The molecule has 1 aliphatic rings. The van der Waals surface area contributed by atoms with Gasteiger partial charge in [-0.15, -0.1) is 0 Å². The summed E-state index contributed by atoms with van der Waals surface area (Å²) in [5, 5.41) is 7.16. The van der Waals surface area contributed by atoms with Gasteiger partial charge < -0.3 is 14.6 Å². The van der Waals surface area contributed by atoms with Crippen LogP contribution in [-0.2, 0) is 17.8 Å². The Kier molecular flexibility index (Phi) is 4.30. The van der Waals surface area contributed by atoms with Crippen LogP contribution < -0.4 is 5.32 Å². The first-order valence-electron chi connectivity index (χ1n) is 5.98. The molecule has 2 heterocycles. The molecule has 5 heteroatoms. The van der Waals surface area contributed by atoms with Crippen LogP contribution >= 0.6 is 0 Å². The zero-order valence-corrected chi connectivity index (χ0v) is 9.74. The Bertz CT molecular complexity index is 308. The van der Waals surface area contributed by atoms with Crippen molar-refractivity contribution in [2.75, 3.05) is 19.7 Å². The Morgan fingerprint density at radius 2 is 2.50 bits per heavy atom. The number of hydrogen-bond acceptors (Lipinski definition) is 5. The lowest BCUT2D eigenvalue weighted by Gasteiger charge is -2.06. The molecule has 1 unspecified atom stereocenters. The Balaban J connectivity index is 1.60. The number of hydrogen-bond donors (Lipinski definition) is 1. The lowest BCUT2D eigenvalue weighted by molar-refractivity contribution is 0.0880. The van der Waals surface area contributed by atoms with Crippen molar-refractivity contribution in [2.45, 2.75) is 32.8 Å². The second-order valence-corrected chi connectivity index (χ2v) is 4.16. The van der Waals surface area contributed by atoms with Crippen LogP contribution in [0.3, 0.4) is 0 Å². The number of ether oxygens (including phenoxy) is 1. The number of nitrogens with zero attached hydrogens (tertiary/aromatic N) is 2. The third-order valence-corrected chi connectivity index (χ3v) is 2.88. The first-order chi connectivity index (χ1) is 7.88. The normalized spacial score (nSPS) is 20.4. The predicted octanol–water partition coefficient (Wildman–Crippen LogP) is 1.15. The van der Waals surface area contributed by atoms with E-state index >= 15 is 0 Å². The molecule has 0 amide bonds. The fraction of sp³-hybridized carbons (Fsp3) is 0.818. The Labute approximate surface area is 95.6 Å². The average molecular weight is 225 g/mol. The first kappa shape index (κ1) is 11.5. The molecule has 1 atom stereocenters. The van der Waals surface area contributed by atoms with Gasteiger partial charge in [0.1, 0.15) is 6.61 Å². The highest BCUT2D eigenvalue weighted by atomic mass is 16.5. The zero-order chi connectivity index (χ0) is 11.2. The lowest BCUT2D eigenvalue weighted by Crippen LogP contribution is -2.10. The summed E-state index contributed by atoms with van der Waals surface area (Å²) in [6.07, 6.45) is 3.18.